The number of carbonyl (C=O) groups excluding carboxylic acids is 10. The number of aliphatic hydroxyl groups excluding tert-OH is 10. The van der Waals surface area contributed by atoms with Crippen molar-refractivity contribution in [3.05, 3.63) is 11.9 Å². The van der Waals surface area contributed by atoms with Crippen LogP contribution in [0.4, 0.5) is 0 Å². The van der Waals surface area contributed by atoms with Crippen molar-refractivity contribution in [3.8, 4) is 0 Å². The van der Waals surface area contributed by atoms with E-state index in [0.29, 0.717) is 83.6 Å². The smallest absolute Gasteiger partial charge is 0.222 e. The largest absolute Gasteiger partial charge is 0.394 e. The third kappa shape index (κ3) is 39.8. The quantitative estimate of drug-likeness (QED) is 0.0276. The van der Waals surface area contributed by atoms with Crippen LogP contribution in [-0.4, -0.2) is 370 Å². The van der Waals surface area contributed by atoms with E-state index in [1.165, 1.54) is 20.8 Å². The van der Waals surface area contributed by atoms with E-state index in [0.717, 1.165) is 50.6 Å². The van der Waals surface area contributed by atoms with Crippen LogP contribution < -0.4 is 47.9 Å². The fourth-order valence-electron chi connectivity index (χ4n) is 15.4. The molecule has 0 aliphatic carbocycles. The van der Waals surface area contributed by atoms with Crippen molar-refractivity contribution in [1.82, 2.24) is 67.7 Å². The number of rotatable bonds is 60. The first kappa shape index (κ1) is 108. The minimum absolute atomic E-state index is 0.0344. The highest BCUT2D eigenvalue weighted by Gasteiger charge is 2.49. The second-order valence-corrected chi connectivity index (χ2v) is 34.1. The molecule has 43 nitrogen and oxygen atoms in total. The average Bonchev–Trinajstić information content (AvgIpc) is 1.15. The number of nitrogens with one attached hydrogen (secondary N) is 9. The summed E-state index contributed by atoms with van der Waals surface area (Å²) in [4.78, 5) is 129. The zero-order valence-corrected chi connectivity index (χ0v) is 74.0. The third-order valence-corrected chi connectivity index (χ3v) is 22.0. The molecule has 0 radical (unpaired) electrons. The maximum atomic E-state index is 13.5. The molecule has 10 amide bonds. The molecule has 722 valence electrons. The third-order valence-electron chi connectivity index (χ3n) is 22.0. The molecule has 5 aliphatic rings. The predicted octanol–water partition coefficient (Wildman–Crippen LogP) is -4.07. The Morgan fingerprint density at radius 2 is 0.794 bits per heavy atom. The molecule has 21 atom stereocenters. The van der Waals surface area contributed by atoms with Crippen molar-refractivity contribution < 1.29 is 146 Å². The van der Waals surface area contributed by atoms with Gasteiger partial charge < -0.3 is 151 Å². The number of amides is 10. The van der Waals surface area contributed by atoms with Crippen LogP contribution in [0.3, 0.4) is 0 Å². The van der Waals surface area contributed by atoms with Gasteiger partial charge in [0, 0.05) is 144 Å². The van der Waals surface area contributed by atoms with E-state index < -0.39 is 160 Å². The Kier molecular flexibility index (Phi) is 50.2. The Morgan fingerprint density at radius 1 is 0.429 bits per heavy atom. The van der Waals surface area contributed by atoms with Crippen molar-refractivity contribution in [2.75, 3.05) is 112 Å². The molecule has 0 bridgehead atoms. The molecule has 6 rings (SSSR count). The molecule has 0 spiro atoms. The SMILES string of the molecule is CC(=O)N[C@H]1[C@H](OCCCCC(=O)NCCCNC(=O)CCO[C@H]2[C@H](OCCC(=O)NCCCNC(=O)CCCCO[C@@H]3O[C@H](CO)[C@H](O)[C@H](O)[C@H]3NC(C)=O)[C@@H](Cn3cc(CCCCCCCCC(=O)N4C[C@H](O)C[C@H]4CC(C)(C)C)nn3)OC[C@@H]2OCCC(=O)NCCCNC(=O)CCCCO[C@@H]2O[C@H](CO)[C@H](O)[C@H](O)[C@H]2NC(C)=O)O[C@H](CO)[C@H](O)[C@@H]1O. The maximum absolute atomic E-state index is 13.5. The van der Waals surface area contributed by atoms with E-state index in [1.807, 2.05) is 11.1 Å². The number of likely N-dealkylation sites (tertiary alicyclic amines) is 1. The van der Waals surface area contributed by atoms with Crippen molar-refractivity contribution in [1.29, 1.82) is 0 Å². The van der Waals surface area contributed by atoms with E-state index in [2.05, 4.69) is 78.9 Å². The molecular weight excluding hydrogens is 1660 g/mol. The second-order valence-electron chi connectivity index (χ2n) is 34.1. The van der Waals surface area contributed by atoms with Crippen molar-refractivity contribution in [2.45, 2.75) is 337 Å². The second kappa shape index (κ2) is 58.7. The van der Waals surface area contributed by atoms with Gasteiger partial charge in [0.1, 0.15) is 97.5 Å². The lowest BCUT2D eigenvalue weighted by Gasteiger charge is -2.42. The molecule has 126 heavy (non-hydrogen) atoms. The van der Waals surface area contributed by atoms with Crippen molar-refractivity contribution in [3.63, 3.8) is 0 Å². The molecule has 0 aromatic carbocycles. The number of carbonyl (C=O) groups is 10. The van der Waals surface area contributed by atoms with E-state index >= 15 is 0 Å². The summed E-state index contributed by atoms with van der Waals surface area (Å²) in [6, 6.07) is -3.25. The number of nitrogens with zero attached hydrogens (tertiary/aromatic N) is 4. The molecule has 5 fully saturated rings. The van der Waals surface area contributed by atoms with Crippen molar-refractivity contribution in [2.24, 2.45) is 5.41 Å². The van der Waals surface area contributed by atoms with Gasteiger partial charge in [-0.3, -0.25) is 47.9 Å². The number of β-amino-alcohol motifs (C(OH)–C–C–N with tert-alkyl or cyclic N) is 1. The zero-order valence-electron chi connectivity index (χ0n) is 74.0. The molecule has 0 saturated carbocycles. The van der Waals surface area contributed by atoms with Gasteiger partial charge in [-0.2, -0.15) is 0 Å². The lowest BCUT2D eigenvalue weighted by Crippen LogP contribution is -2.64. The molecule has 6 heterocycles. The zero-order chi connectivity index (χ0) is 92.1. The van der Waals surface area contributed by atoms with Crippen LogP contribution in [0.5, 0.6) is 0 Å². The van der Waals surface area contributed by atoms with E-state index in [4.69, 9.17) is 47.4 Å². The highest BCUT2D eigenvalue weighted by atomic mass is 16.7. The van der Waals surface area contributed by atoms with Gasteiger partial charge in [0.15, 0.2) is 18.9 Å². The van der Waals surface area contributed by atoms with E-state index in [9.17, 15) is 99.0 Å². The van der Waals surface area contributed by atoms with Crippen LogP contribution in [0.1, 0.15) is 201 Å². The molecule has 5 aliphatic heterocycles. The fourth-order valence-corrected chi connectivity index (χ4v) is 15.4. The van der Waals surface area contributed by atoms with E-state index in [1.54, 1.807) is 4.68 Å². The normalized spacial score (nSPS) is 27.4. The summed E-state index contributed by atoms with van der Waals surface area (Å²) in [6.45, 7) is 9.89. The first-order valence-electron chi connectivity index (χ1n) is 44.8. The lowest BCUT2D eigenvalue weighted by molar-refractivity contribution is -0.270. The molecule has 0 unspecified atom stereocenters. The number of hydrogen-bond acceptors (Lipinski definition) is 32. The monoisotopic (exact) mass is 1800 g/mol. The van der Waals surface area contributed by atoms with Gasteiger partial charge in [-0.15, -0.1) is 5.10 Å². The van der Waals surface area contributed by atoms with Gasteiger partial charge in [0.25, 0.3) is 0 Å². The summed E-state index contributed by atoms with van der Waals surface area (Å²) in [7, 11) is 0. The molecule has 43 heteroatoms. The van der Waals surface area contributed by atoms with Crippen molar-refractivity contribution >= 4 is 59.1 Å². The minimum Gasteiger partial charge on any atom is -0.394 e. The summed E-state index contributed by atoms with van der Waals surface area (Å²) < 4.78 is 61.7. The Bertz CT molecular complexity index is 3390. The van der Waals surface area contributed by atoms with Gasteiger partial charge in [0.2, 0.25) is 59.1 Å². The Hall–Kier alpha value is -6.96. The highest BCUT2D eigenvalue weighted by Crippen LogP contribution is 2.33. The number of hydrogen-bond donors (Lipinski definition) is 19. The van der Waals surface area contributed by atoms with Gasteiger partial charge in [0.05, 0.1) is 64.6 Å². The summed E-state index contributed by atoms with van der Waals surface area (Å²) in [6.07, 6.45) is -6.54. The van der Waals surface area contributed by atoms with Crippen LogP contribution in [0.25, 0.3) is 0 Å². The standard InChI is InChI=1S/C83H145N13O30/c1-51(100)90-69-75(114)72(111)58(47-97)124-80(69)120-36-16-13-23-62(104)84-30-19-33-87-65(107)27-39-117-61-50-123-57(46-95-44-54(93-94-95)22-11-9-7-8-10-12-26-68(110)96-45-56(103)42-55(96)43-83(4,5)6)78(118-40-28-66(108)88-34-20-31-85-63(105)24-14-17-37-121-81-70(91-52(2)101)76(115)73(112)59(48-98)125-81)79(61)119-41-29-67(109)89-35-21-32-86-64(106)25-15-18-38-122-82-71(92-53(3)102)77(116)74(113)60(49-99)126-82/h44,55-61,69-82,97-99,103,111-116H,7-43,45-50H2,1-6H3,(H,84,104)(H,85,105)(H,86,106)(H,87,107)(H,88,108)(H,89,109)(H,90,100)(H,91,101)(H,92,102)/t55-,56+,57+,58+,59+,60+,61-,69+,70+,71+,72-,73-,74-,75+,76+,77+,78+,79+,80+,81+,82+/m0/s1. The number of aromatic nitrogens is 3. The first-order valence-corrected chi connectivity index (χ1v) is 44.8. The number of aliphatic hydroxyl groups is 10. The number of ether oxygens (including phenoxy) is 10. The van der Waals surface area contributed by atoms with Crippen LogP contribution in [0, 0.1) is 5.41 Å². The molecule has 1 aromatic rings. The Morgan fingerprint density at radius 3 is 1.18 bits per heavy atom. The predicted molar refractivity (Wildman–Crippen MR) is 446 cm³/mol. The van der Waals surface area contributed by atoms with Gasteiger partial charge in [-0.05, 0) is 95.3 Å². The minimum atomic E-state index is -1.47. The van der Waals surface area contributed by atoms with Gasteiger partial charge in [-0.25, -0.2) is 4.68 Å². The highest BCUT2D eigenvalue weighted by molar-refractivity contribution is 5.79. The van der Waals surface area contributed by atoms with Gasteiger partial charge in [-0.1, -0.05) is 51.7 Å². The molecular formula is C83H145N13O30. The fraction of sp³-hybridized carbons (Fsp3) is 0.855. The first-order chi connectivity index (χ1) is 60.3. The summed E-state index contributed by atoms with van der Waals surface area (Å²) in [5.74, 6) is -3.24. The van der Waals surface area contributed by atoms with Crippen LogP contribution in [0.15, 0.2) is 6.20 Å². The number of unbranched alkanes of at least 4 members (excludes halogenated alkanes) is 8. The van der Waals surface area contributed by atoms with Crippen LogP contribution in [-0.2, 0) is 108 Å². The van der Waals surface area contributed by atoms with Gasteiger partial charge >= 0.3 is 0 Å². The topological polar surface area (TPSA) is 608 Å². The molecule has 19 N–H and O–H groups in total. The number of aryl methyl sites for hydroxylation is 1. The summed E-state index contributed by atoms with van der Waals surface area (Å²) >= 11 is 0. The van der Waals surface area contributed by atoms with E-state index in [-0.39, 0.29) is 183 Å². The van der Waals surface area contributed by atoms with Crippen LogP contribution in [0.2, 0.25) is 0 Å². The average molecular weight is 1810 g/mol. The Balaban J connectivity index is 1.02. The Labute approximate surface area is 736 Å². The lowest BCUT2D eigenvalue weighted by atomic mass is 9.87. The summed E-state index contributed by atoms with van der Waals surface area (Å²) in [5, 5.41) is 135. The van der Waals surface area contributed by atoms with Crippen LogP contribution >= 0.6 is 0 Å². The molecule has 5 saturated heterocycles. The maximum Gasteiger partial charge on any atom is 0.222 e. The summed E-state index contributed by atoms with van der Waals surface area (Å²) in [5.41, 5.74) is 0.775. The molecule has 1 aromatic heterocycles.